The molecule has 0 bridgehead atoms. The maximum absolute atomic E-state index is 13.6. The molecule has 88 valence electrons. The molecular weight excluding hydrogens is 215 g/mol. The predicted molar refractivity (Wildman–Crippen MR) is 69.4 cm³/mol. The van der Waals surface area contributed by atoms with Crippen molar-refractivity contribution in [3.8, 4) is 0 Å². The van der Waals surface area contributed by atoms with E-state index in [9.17, 15) is 4.39 Å². The molecule has 0 aromatic heterocycles. The lowest BCUT2D eigenvalue weighted by molar-refractivity contribution is 0.597. The molecule has 0 unspecified atom stereocenters. The summed E-state index contributed by atoms with van der Waals surface area (Å²) in [5.74, 6) is -0.0166. The Bertz CT molecular complexity index is 297. The largest absolute Gasteiger partial charge is 0.207 e. The van der Waals surface area contributed by atoms with E-state index in [1.165, 1.54) is 12.0 Å². The lowest BCUT2D eigenvalue weighted by Crippen LogP contribution is -1.98. The first-order valence-electron chi connectivity index (χ1n) is 6.05. The Kier molecular flexibility index (Phi) is 8.17. The summed E-state index contributed by atoms with van der Waals surface area (Å²) in [7, 11) is 0. The number of benzene rings is 1. The third kappa shape index (κ3) is 4.48. The van der Waals surface area contributed by atoms with E-state index in [1.54, 1.807) is 6.07 Å². The van der Waals surface area contributed by atoms with Crippen LogP contribution in [0.4, 0.5) is 4.39 Å². The number of unbranched alkanes of at least 4 members (excludes halogenated alkanes) is 2. The molecular formula is C14H21FSi. The molecule has 0 aliphatic rings. The van der Waals surface area contributed by atoms with Crippen LogP contribution in [0.15, 0.2) is 18.2 Å². The first-order valence-corrected chi connectivity index (χ1v) is 6.05. The number of halogens is 1. The summed E-state index contributed by atoms with van der Waals surface area (Å²) >= 11 is 0. The Labute approximate surface area is 103 Å². The molecule has 16 heavy (non-hydrogen) atoms. The summed E-state index contributed by atoms with van der Waals surface area (Å²) in [6.45, 7) is 4.32. The Morgan fingerprint density at radius 2 is 1.62 bits per heavy atom. The van der Waals surface area contributed by atoms with Crippen LogP contribution in [0.2, 0.25) is 0 Å². The Balaban J connectivity index is 0.00000225. The van der Waals surface area contributed by atoms with Crippen molar-refractivity contribution in [3.05, 3.63) is 35.1 Å². The minimum absolute atomic E-state index is 0. The smallest absolute Gasteiger partial charge is 0.126 e. The SMILES string of the molecule is CCCCc1cccc(F)c1CCCC.[Si]. The van der Waals surface area contributed by atoms with Crippen molar-refractivity contribution in [1.82, 2.24) is 0 Å². The molecule has 0 aliphatic carbocycles. The summed E-state index contributed by atoms with van der Waals surface area (Å²) in [5.41, 5.74) is 2.16. The van der Waals surface area contributed by atoms with Gasteiger partial charge in [-0.2, -0.15) is 0 Å². The van der Waals surface area contributed by atoms with Crippen LogP contribution >= 0.6 is 0 Å². The maximum Gasteiger partial charge on any atom is 0.126 e. The van der Waals surface area contributed by atoms with E-state index >= 15 is 0 Å². The van der Waals surface area contributed by atoms with E-state index < -0.39 is 0 Å². The van der Waals surface area contributed by atoms with Crippen LogP contribution < -0.4 is 0 Å². The van der Waals surface area contributed by atoms with Crippen molar-refractivity contribution in [2.24, 2.45) is 0 Å². The van der Waals surface area contributed by atoms with E-state index in [4.69, 9.17) is 0 Å². The molecule has 1 aromatic carbocycles. The van der Waals surface area contributed by atoms with Crippen molar-refractivity contribution < 1.29 is 4.39 Å². The number of hydrogen-bond donors (Lipinski definition) is 0. The Morgan fingerprint density at radius 1 is 1.00 bits per heavy atom. The fraction of sp³-hybridized carbons (Fsp3) is 0.571. The molecule has 1 rings (SSSR count). The highest BCUT2D eigenvalue weighted by atomic mass is 28.1. The second kappa shape index (κ2) is 8.51. The van der Waals surface area contributed by atoms with Gasteiger partial charge in [-0.1, -0.05) is 38.8 Å². The zero-order valence-corrected chi connectivity index (χ0v) is 11.4. The molecule has 0 spiro atoms. The predicted octanol–water partition coefficient (Wildman–Crippen LogP) is 4.13. The van der Waals surface area contributed by atoms with E-state index in [0.29, 0.717) is 0 Å². The summed E-state index contributed by atoms with van der Waals surface area (Å²) < 4.78 is 13.6. The van der Waals surface area contributed by atoms with Gasteiger partial charge in [0.05, 0.1) is 0 Å². The van der Waals surface area contributed by atoms with Crippen LogP contribution in [0.3, 0.4) is 0 Å². The average Bonchev–Trinajstić information content (AvgIpc) is 2.25. The minimum Gasteiger partial charge on any atom is -0.207 e. The maximum atomic E-state index is 13.6. The molecule has 0 saturated carbocycles. The van der Waals surface area contributed by atoms with E-state index in [2.05, 4.69) is 19.9 Å². The second-order valence-corrected chi connectivity index (χ2v) is 4.08. The van der Waals surface area contributed by atoms with Crippen LogP contribution in [0.25, 0.3) is 0 Å². The van der Waals surface area contributed by atoms with Crippen LogP contribution in [-0.4, -0.2) is 11.0 Å². The van der Waals surface area contributed by atoms with Gasteiger partial charge in [0.25, 0.3) is 0 Å². The molecule has 4 radical (unpaired) electrons. The lowest BCUT2D eigenvalue weighted by Gasteiger charge is -2.09. The Hall–Kier alpha value is -0.633. The first-order chi connectivity index (χ1) is 7.29. The zero-order chi connectivity index (χ0) is 11.1. The lowest BCUT2D eigenvalue weighted by atomic mass is 9.97. The van der Waals surface area contributed by atoms with E-state index in [1.807, 2.05) is 6.07 Å². The fourth-order valence-electron chi connectivity index (χ4n) is 1.84. The highest BCUT2D eigenvalue weighted by molar-refractivity contribution is 5.75. The second-order valence-electron chi connectivity index (χ2n) is 4.08. The van der Waals surface area contributed by atoms with Gasteiger partial charge in [0.1, 0.15) is 5.82 Å². The number of rotatable bonds is 6. The summed E-state index contributed by atoms with van der Waals surface area (Å²) in [6, 6.07) is 5.49. The number of aryl methyl sites for hydroxylation is 1. The normalized spacial score (nSPS) is 9.94. The molecule has 0 saturated heterocycles. The van der Waals surface area contributed by atoms with Crippen molar-refractivity contribution in [1.29, 1.82) is 0 Å². The van der Waals surface area contributed by atoms with Gasteiger partial charge in [0, 0.05) is 11.0 Å². The number of hydrogen-bond acceptors (Lipinski definition) is 0. The highest BCUT2D eigenvalue weighted by Gasteiger charge is 2.06. The topological polar surface area (TPSA) is 0 Å². The fourth-order valence-corrected chi connectivity index (χ4v) is 1.84. The Morgan fingerprint density at radius 3 is 2.25 bits per heavy atom. The molecule has 1 aromatic rings. The molecule has 0 heterocycles. The molecule has 0 nitrogen and oxygen atoms in total. The van der Waals surface area contributed by atoms with Crippen LogP contribution in [0.5, 0.6) is 0 Å². The quantitative estimate of drug-likeness (QED) is 0.651. The van der Waals surface area contributed by atoms with E-state index in [0.717, 1.165) is 37.7 Å². The molecule has 2 heteroatoms. The van der Waals surface area contributed by atoms with Gasteiger partial charge in [-0.05, 0) is 42.9 Å². The highest BCUT2D eigenvalue weighted by Crippen LogP contribution is 2.18. The molecule has 0 atom stereocenters. The first kappa shape index (κ1) is 15.4. The third-order valence-electron chi connectivity index (χ3n) is 2.80. The third-order valence-corrected chi connectivity index (χ3v) is 2.80. The van der Waals surface area contributed by atoms with Crippen molar-refractivity contribution in [2.45, 2.75) is 52.4 Å². The molecule has 0 amide bonds. The monoisotopic (exact) mass is 236 g/mol. The zero-order valence-electron chi connectivity index (χ0n) is 10.4. The van der Waals surface area contributed by atoms with Gasteiger partial charge < -0.3 is 0 Å². The summed E-state index contributed by atoms with van der Waals surface area (Å²) in [4.78, 5) is 0. The van der Waals surface area contributed by atoms with Gasteiger partial charge in [0.2, 0.25) is 0 Å². The molecule has 0 aliphatic heterocycles. The average molecular weight is 236 g/mol. The molecule has 0 fully saturated rings. The van der Waals surface area contributed by atoms with Gasteiger partial charge in [-0.3, -0.25) is 0 Å². The summed E-state index contributed by atoms with van der Waals surface area (Å²) in [5, 5.41) is 0. The van der Waals surface area contributed by atoms with Crippen molar-refractivity contribution >= 4 is 11.0 Å². The van der Waals surface area contributed by atoms with Crippen LogP contribution in [0, 0.1) is 5.82 Å². The van der Waals surface area contributed by atoms with Gasteiger partial charge in [-0.25, -0.2) is 4.39 Å². The van der Waals surface area contributed by atoms with E-state index in [-0.39, 0.29) is 16.8 Å². The van der Waals surface area contributed by atoms with Crippen molar-refractivity contribution in [2.75, 3.05) is 0 Å². The van der Waals surface area contributed by atoms with Crippen LogP contribution in [0.1, 0.15) is 50.7 Å². The van der Waals surface area contributed by atoms with Crippen LogP contribution in [-0.2, 0) is 12.8 Å². The molecule has 0 N–H and O–H groups in total. The van der Waals surface area contributed by atoms with Gasteiger partial charge >= 0.3 is 0 Å². The summed E-state index contributed by atoms with van der Waals surface area (Å²) in [6.07, 6.45) is 6.45. The van der Waals surface area contributed by atoms with Gasteiger partial charge in [0.15, 0.2) is 0 Å². The standard InChI is InChI=1S/C14H21F.Si/c1-3-5-8-12-9-7-11-14(15)13(12)10-6-4-2;/h7,9,11H,3-6,8,10H2,1-2H3;. The minimum atomic E-state index is -0.0166. The van der Waals surface area contributed by atoms with Gasteiger partial charge in [-0.15, -0.1) is 0 Å². The van der Waals surface area contributed by atoms with Crippen molar-refractivity contribution in [3.63, 3.8) is 0 Å².